The van der Waals surface area contributed by atoms with E-state index in [0.29, 0.717) is 11.6 Å². The summed E-state index contributed by atoms with van der Waals surface area (Å²) in [5.41, 5.74) is -0.271. The van der Waals surface area contributed by atoms with Crippen LogP contribution in [0.15, 0.2) is 43.0 Å². The van der Waals surface area contributed by atoms with Crippen LogP contribution in [0, 0.1) is 18.6 Å². The molecule has 0 aliphatic rings. The summed E-state index contributed by atoms with van der Waals surface area (Å²) < 4.78 is 28.3. The molecule has 122 valence electrons. The summed E-state index contributed by atoms with van der Waals surface area (Å²) in [5, 5.41) is 4.66. The molecule has 2 N–H and O–H groups in total. The number of anilines is 2. The second kappa shape index (κ2) is 6.41. The molecule has 24 heavy (non-hydrogen) atoms. The predicted molar refractivity (Wildman–Crippen MR) is 82.9 cm³/mol. The number of hydrogen-bond acceptors (Lipinski definition) is 4. The Morgan fingerprint density at radius 2 is 1.96 bits per heavy atom. The van der Waals surface area contributed by atoms with E-state index in [1.165, 1.54) is 12.4 Å². The van der Waals surface area contributed by atoms with Crippen molar-refractivity contribution in [3.05, 3.63) is 60.4 Å². The smallest absolute Gasteiger partial charge is 0.305 e. The van der Waals surface area contributed by atoms with Gasteiger partial charge in [0.2, 0.25) is 0 Å². The van der Waals surface area contributed by atoms with E-state index in [9.17, 15) is 13.6 Å². The molecule has 2 aromatic heterocycles. The maximum Gasteiger partial charge on any atom is 0.324 e. The van der Waals surface area contributed by atoms with Crippen LogP contribution in [0.3, 0.4) is 0 Å². The van der Waals surface area contributed by atoms with Crippen molar-refractivity contribution in [2.75, 3.05) is 10.6 Å². The molecule has 0 saturated heterocycles. The van der Waals surface area contributed by atoms with Gasteiger partial charge in [-0.25, -0.2) is 28.5 Å². The third-order valence-electron chi connectivity index (χ3n) is 3.14. The fourth-order valence-corrected chi connectivity index (χ4v) is 2.03. The van der Waals surface area contributed by atoms with E-state index >= 15 is 0 Å². The SMILES string of the molecule is Cc1nccn1-c1cc(NC(=O)Nc2cc(F)ccc2F)ncn1. The molecular weight excluding hydrogens is 318 g/mol. The number of carbonyl (C=O) groups excluding carboxylic acids is 1. The van der Waals surface area contributed by atoms with Crippen LogP contribution in [-0.2, 0) is 0 Å². The summed E-state index contributed by atoms with van der Waals surface area (Å²) in [7, 11) is 0. The molecule has 0 radical (unpaired) electrons. The lowest BCUT2D eigenvalue weighted by molar-refractivity contribution is 0.262. The van der Waals surface area contributed by atoms with Crippen molar-refractivity contribution in [3.8, 4) is 5.82 Å². The van der Waals surface area contributed by atoms with Crippen LogP contribution in [0.5, 0.6) is 0 Å². The third kappa shape index (κ3) is 3.35. The van der Waals surface area contributed by atoms with Gasteiger partial charge in [0.1, 0.15) is 35.4 Å². The molecule has 2 amide bonds. The molecule has 3 rings (SSSR count). The predicted octanol–water partition coefficient (Wildman–Crippen LogP) is 2.89. The molecule has 1 aromatic carbocycles. The lowest BCUT2D eigenvalue weighted by atomic mass is 10.3. The second-order valence-corrected chi connectivity index (χ2v) is 4.81. The molecule has 7 nitrogen and oxygen atoms in total. The minimum Gasteiger partial charge on any atom is -0.305 e. The number of imidazole rings is 1. The highest BCUT2D eigenvalue weighted by atomic mass is 19.1. The second-order valence-electron chi connectivity index (χ2n) is 4.81. The first-order valence-electron chi connectivity index (χ1n) is 6.88. The summed E-state index contributed by atoms with van der Waals surface area (Å²) >= 11 is 0. The Morgan fingerprint density at radius 3 is 2.71 bits per heavy atom. The molecule has 2 heterocycles. The largest absolute Gasteiger partial charge is 0.324 e. The number of hydrogen-bond donors (Lipinski definition) is 2. The number of amides is 2. The third-order valence-corrected chi connectivity index (χ3v) is 3.14. The average Bonchev–Trinajstić information content (AvgIpc) is 2.97. The molecule has 0 atom stereocenters. The van der Waals surface area contributed by atoms with Crippen molar-refractivity contribution < 1.29 is 13.6 Å². The quantitative estimate of drug-likeness (QED) is 0.773. The standard InChI is InChI=1S/C15H12F2N6O/c1-9-18-4-5-23(9)14-7-13(19-8-20-14)22-15(24)21-12-6-10(16)2-3-11(12)17/h2-8H,1H3,(H2,19,20,21,22,24). The van der Waals surface area contributed by atoms with Crippen molar-refractivity contribution in [2.45, 2.75) is 6.92 Å². The number of benzene rings is 1. The Labute approximate surface area is 135 Å². The normalized spacial score (nSPS) is 10.5. The topological polar surface area (TPSA) is 84.7 Å². The van der Waals surface area contributed by atoms with Gasteiger partial charge in [-0.05, 0) is 19.1 Å². The minimum atomic E-state index is -0.758. The van der Waals surface area contributed by atoms with Crippen molar-refractivity contribution in [1.82, 2.24) is 19.5 Å². The van der Waals surface area contributed by atoms with Crippen LogP contribution in [0.2, 0.25) is 0 Å². The fraction of sp³-hybridized carbons (Fsp3) is 0.0667. The molecule has 0 aliphatic carbocycles. The lowest BCUT2D eigenvalue weighted by Gasteiger charge is -2.09. The fourth-order valence-electron chi connectivity index (χ4n) is 2.03. The minimum absolute atomic E-state index is 0.197. The van der Waals surface area contributed by atoms with Gasteiger partial charge in [-0.1, -0.05) is 0 Å². The molecule has 0 unspecified atom stereocenters. The van der Waals surface area contributed by atoms with Crippen LogP contribution in [0.4, 0.5) is 25.1 Å². The van der Waals surface area contributed by atoms with Gasteiger partial charge in [-0.15, -0.1) is 0 Å². The van der Waals surface area contributed by atoms with Crippen LogP contribution in [0.25, 0.3) is 5.82 Å². The average molecular weight is 330 g/mol. The van der Waals surface area contributed by atoms with Gasteiger partial charge >= 0.3 is 6.03 Å². The van der Waals surface area contributed by atoms with Gasteiger partial charge in [0, 0.05) is 24.5 Å². The highest BCUT2D eigenvalue weighted by Gasteiger charge is 2.10. The Morgan fingerprint density at radius 1 is 1.12 bits per heavy atom. The summed E-state index contributed by atoms with van der Waals surface area (Å²) in [6.45, 7) is 1.80. The zero-order valence-corrected chi connectivity index (χ0v) is 12.5. The first-order chi connectivity index (χ1) is 11.5. The van der Waals surface area contributed by atoms with Crippen LogP contribution < -0.4 is 10.6 Å². The molecule has 0 fully saturated rings. The van der Waals surface area contributed by atoms with Crippen LogP contribution in [-0.4, -0.2) is 25.6 Å². The molecule has 0 saturated carbocycles. The Bertz CT molecular complexity index is 895. The number of rotatable bonds is 3. The maximum atomic E-state index is 13.5. The van der Waals surface area contributed by atoms with Gasteiger partial charge in [-0.2, -0.15) is 0 Å². The van der Waals surface area contributed by atoms with E-state index in [1.807, 2.05) is 0 Å². The number of urea groups is 1. The van der Waals surface area contributed by atoms with Gasteiger partial charge < -0.3 is 5.32 Å². The number of nitrogens with one attached hydrogen (secondary N) is 2. The first-order valence-corrected chi connectivity index (χ1v) is 6.88. The van der Waals surface area contributed by atoms with E-state index in [2.05, 4.69) is 25.6 Å². The van der Waals surface area contributed by atoms with E-state index < -0.39 is 17.7 Å². The number of aromatic nitrogens is 4. The summed E-state index contributed by atoms with van der Waals surface area (Å²) in [5.74, 6) is 0.0103. The number of carbonyl (C=O) groups is 1. The van der Waals surface area contributed by atoms with E-state index in [1.54, 1.807) is 23.9 Å². The highest BCUT2D eigenvalue weighted by molar-refractivity contribution is 5.99. The molecular formula is C15H12F2N6O. The Balaban J connectivity index is 1.75. The summed E-state index contributed by atoms with van der Waals surface area (Å²) in [6.07, 6.45) is 4.60. The summed E-state index contributed by atoms with van der Waals surface area (Å²) in [6, 6.07) is 3.54. The number of aryl methyl sites for hydroxylation is 1. The highest BCUT2D eigenvalue weighted by Crippen LogP contribution is 2.16. The van der Waals surface area contributed by atoms with E-state index in [0.717, 1.165) is 18.2 Å². The molecule has 0 aliphatic heterocycles. The number of nitrogens with zero attached hydrogens (tertiary/aromatic N) is 4. The van der Waals surface area contributed by atoms with Crippen molar-refractivity contribution in [1.29, 1.82) is 0 Å². The van der Waals surface area contributed by atoms with Crippen molar-refractivity contribution >= 4 is 17.5 Å². The molecule has 0 spiro atoms. The molecule has 9 heteroatoms. The molecule has 0 bridgehead atoms. The van der Waals surface area contributed by atoms with Crippen LogP contribution >= 0.6 is 0 Å². The van der Waals surface area contributed by atoms with Crippen molar-refractivity contribution in [3.63, 3.8) is 0 Å². The maximum absolute atomic E-state index is 13.5. The van der Waals surface area contributed by atoms with Crippen LogP contribution in [0.1, 0.15) is 5.82 Å². The Hall–Kier alpha value is -3.36. The molecule has 3 aromatic rings. The van der Waals surface area contributed by atoms with Gasteiger partial charge in [0.05, 0.1) is 5.69 Å². The van der Waals surface area contributed by atoms with Gasteiger partial charge in [0.25, 0.3) is 0 Å². The number of halogens is 2. The van der Waals surface area contributed by atoms with Gasteiger partial charge in [-0.3, -0.25) is 9.88 Å². The Kier molecular flexibility index (Phi) is 4.15. The monoisotopic (exact) mass is 330 g/mol. The first kappa shape index (κ1) is 15.5. The van der Waals surface area contributed by atoms with E-state index in [4.69, 9.17) is 0 Å². The zero-order valence-electron chi connectivity index (χ0n) is 12.5. The van der Waals surface area contributed by atoms with Crippen molar-refractivity contribution in [2.24, 2.45) is 0 Å². The van der Waals surface area contributed by atoms with Gasteiger partial charge in [0.15, 0.2) is 0 Å². The summed E-state index contributed by atoms with van der Waals surface area (Å²) in [4.78, 5) is 24.0. The lowest BCUT2D eigenvalue weighted by Crippen LogP contribution is -2.21. The zero-order chi connectivity index (χ0) is 17.1. The van der Waals surface area contributed by atoms with E-state index in [-0.39, 0.29) is 11.5 Å².